The molecule has 0 atom stereocenters. The third-order valence-electron chi connectivity index (χ3n) is 2.35. The van der Waals surface area contributed by atoms with Crippen molar-refractivity contribution >= 4 is 57.9 Å². The van der Waals surface area contributed by atoms with Crippen LogP contribution in [-0.4, -0.2) is 67.8 Å². The molecule has 0 aliphatic rings. The van der Waals surface area contributed by atoms with Crippen LogP contribution in [0.15, 0.2) is 10.3 Å². The highest BCUT2D eigenvalue weighted by Crippen LogP contribution is 2.29. The summed E-state index contributed by atoms with van der Waals surface area (Å²) in [5.41, 5.74) is 0. The molecule has 0 radical (unpaired) electrons. The van der Waals surface area contributed by atoms with E-state index in [1.165, 1.54) is 27.7 Å². The molecule has 0 heterocycles. The monoisotopic (exact) mass is 518 g/mol. The summed E-state index contributed by atoms with van der Waals surface area (Å²) >= 11 is 0.912. The fraction of sp³-hybridized carbons (Fsp3) is 0.714. The van der Waals surface area contributed by atoms with Gasteiger partial charge in [-0.25, -0.2) is 18.2 Å². The molecule has 2 amide bonds. The van der Waals surface area contributed by atoms with Gasteiger partial charge in [0.2, 0.25) is 10.1 Å². The van der Waals surface area contributed by atoms with Crippen molar-refractivity contribution in [2.24, 2.45) is 10.3 Å². The van der Waals surface area contributed by atoms with Crippen molar-refractivity contribution < 1.29 is 45.6 Å². The summed E-state index contributed by atoms with van der Waals surface area (Å²) < 4.78 is 78.1. The molecule has 0 aliphatic carbocycles. The number of thioether (sulfide) groups is 2. The van der Waals surface area contributed by atoms with Gasteiger partial charge in [-0.15, -0.1) is 0 Å². The molecule has 31 heavy (non-hydrogen) atoms. The second-order valence-corrected chi connectivity index (χ2v) is 10.3. The Morgan fingerprint density at radius 1 is 0.742 bits per heavy atom. The Balaban J connectivity index is 5.01. The molecule has 0 bridgehead atoms. The minimum Gasteiger partial charge on any atom is -0.296 e. The van der Waals surface area contributed by atoms with E-state index in [1.807, 2.05) is 0 Å². The van der Waals surface area contributed by atoms with Crippen molar-refractivity contribution in [3.05, 3.63) is 0 Å². The normalized spacial score (nSPS) is 13.5. The molecular formula is C14H20F6N4O4S3. The van der Waals surface area contributed by atoms with Gasteiger partial charge in [0.05, 0.1) is 12.1 Å². The van der Waals surface area contributed by atoms with Crippen LogP contribution in [0.1, 0.15) is 27.7 Å². The van der Waals surface area contributed by atoms with Gasteiger partial charge in [-0.1, -0.05) is 61.5 Å². The third-order valence-corrected chi connectivity index (χ3v) is 5.14. The maximum atomic E-state index is 12.8. The lowest BCUT2D eigenvalue weighted by Crippen LogP contribution is -2.30. The first-order chi connectivity index (χ1) is 13.9. The van der Waals surface area contributed by atoms with Crippen LogP contribution in [0, 0.1) is 0 Å². The number of carbonyl (C=O) groups excluding carboxylic acids is 2. The van der Waals surface area contributed by atoms with Crippen LogP contribution >= 0.6 is 35.7 Å². The fourth-order valence-corrected chi connectivity index (χ4v) is 3.14. The van der Waals surface area contributed by atoms with Crippen LogP contribution in [0.2, 0.25) is 0 Å². The molecule has 0 aromatic carbocycles. The molecule has 0 spiro atoms. The highest BCUT2D eigenvalue weighted by molar-refractivity contribution is 8.14. The SMILES string of the molecule is CC(C)S/C(=N\OC(=O)N(C)SN(C)C(=O)O/N=C(\SC(C)C)C(F)(F)F)C(F)(F)F. The summed E-state index contributed by atoms with van der Waals surface area (Å²) in [6, 6.07) is 0. The molecule has 17 heteroatoms. The standard InChI is InChI=1S/C14H20F6N4O4S3/c1-7(2)29-9(13(15,16)17)21-27-11(25)23(5)31-24(6)12(26)28-22-10(14(18,19)20)30-8(3)4/h7-8H,1-6H3/b21-9-,22-10-. The zero-order valence-electron chi connectivity index (χ0n) is 17.1. The van der Waals surface area contributed by atoms with Crippen molar-refractivity contribution in [3.8, 4) is 0 Å². The van der Waals surface area contributed by atoms with E-state index in [0.717, 1.165) is 14.1 Å². The van der Waals surface area contributed by atoms with E-state index in [2.05, 4.69) is 20.0 Å². The van der Waals surface area contributed by atoms with Gasteiger partial charge in [0.1, 0.15) is 0 Å². The first-order valence-electron chi connectivity index (χ1n) is 8.16. The Labute approximate surface area is 187 Å². The van der Waals surface area contributed by atoms with E-state index in [1.54, 1.807) is 0 Å². The van der Waals surface area contributed by atoms with E-state index in [-0.39, 0.29) is 12.1 Å². The summed E-state index contributed by atoms with van der Waals surface area (Å²) in [6.07, 6.45) is -12.5. The van der Waals surface area contributed by atoms with E-state index in [4.69, 9.17) is 0 Å². The highest BCUT2D eigenvalue weighted by Gasteiger charge is 2.39. The van der Waals surface area contributed by atoms with Crippen LogP contribution in [0.5, 0.6) is 0 Å². The van der Waals surface area contributed by atoms with Gasteiger partial charge in [0, 0.05) is 24.6 Å². The average molecular weight is 519 g/mol. The van der Waals surface area contributed by atoms with Crippen molar-refractivity contribution in [1.29, 1.82) is 0 Å². The molecule has 0 aliphatic heterocycles. The van der Waals surface area contributed by atoms with Crippen LogP contribution < -0.4 is 0 Å². The van der Waals surface area contributed by atoms with Crippen molar-refractivity contribution in [2.75, 3.05) is 14.1 Å². The summed E-state index contributed by atoms with van der Waals surface area (Å²) in [7, 11) is 2.04. The second-order valence-electron chi connectivity index (χ2n) is 5.91. The molecule has 0 saturated heterocycles. The average Bonchev–Trinajstić information content (AvgIpc) is 2.58. The minimum absolute atomic E-state index is 0.265. The zero-order chi connectivity index (χ0) is 24.6. The van der Waals surface area contributed by atoms with E-state index in [0.29, 0.717) is 32.1 Å². The first kappa shape index (κ1) is 29.5. The van der Waals surface area contributed by atoms with Gasteiger partial charge in [-0.05, 0) is 0 Å². The molecule has 0 saturated carbocycles. The number of hydrogen-bond donors (Lipinski definition) is 0. The Morgan fingerprint density at radius 2 is 1.03 bits per heavy atom. The zero-order valence-corrected chi connectivity index (χ0v) is 19.5. The highest BCUT2D eigenvalue weighted by atomic mass is 32.2. The summed E-state index contributed by atoms with van der Waals surface area (Å²) in [4.78, 5) is 32.0. The van der Waals surface area contributed by atoms with Crippen LogP contribution in [0.25, 0.3) is 0 Å². The minimum atomic E-state index is -4.84. The summed E-state index contributed by atoms with van der Waals surface area (Å²) in [5, 5.41) is 1.80. The van der Waals surface area contributed by atoms with Crippen molar-refractivity contribution in [2.45, 2.75) is 50.5 Å². The van der Waals surface area contributed by atoms with E-state index >= 15 is 0 Å². The maximum absolute atomic E-state index is 12.8. The number of hydrogen-bond acceptors (Lipinski definition) is 9. The topological polar surface area (TPSA) is 83.8 Å². The van der Waals surface area contributed by atoms with E-state index in [9.17, 15) is 35.9 Å². The van der Waals surface area contributed by atoms with Gasteiger partial charge < -0.3 is 0 Å². The Kier molecular flexibility index (Phi) is 11.9. The second kappa shape index (κ2) is 12.5. The molecule has 0 aromatic heterocycles. The molecule has 0 rings (SSSR count). The molecule has 0 fully saturated rings. The quantitative estimate of drug-likeness (QED) is 0.111. The van der Waals surface area contributed by atoms with Crippen molar-refractivity contribution in [1.82, 2.24) is 8.61 Å². The molecule has 8 nitrogen and oxygen atoms in total. The molecule has 0 unspecified atom stereocenters. The number of amides is 2. The predicted octanol–water partition coefficient (Wildman–Crippen LogP) is 5.72. The lowest BCUT2D eigenvalue weighted by molar-refractivity contribution is -0.0585. The number of halogens is 6. The Morgan fingerprint density at radius 3 is 1.26 bits per heavy atom. The first-order valence-corrected chi connectivity index (χ1v) is 10.6. The number of rotatable bonds is 6. The van der Waals surface area contributed by atoms with E-state index < -0.39 is 45.1 Å². The molecule has 0 N–H and O–H groups in total. The van der Waals surface area contributed by atoms with Crippen LogP contribution in [0.4, 0.5) is 35.9 Å². The van der Waals surface area contributed by atoms with Gasteiger partial charge in [-0.3, -0.25) is 9.68 Å². The molecule has 0 aromatic rings. The summed E-state index contributed by atoms with van der Waals surface area (Å²) in [6.45, 7) is 5.90. The molecule has 180 valence electrons. The lowest BCUT2D eigenvalue weighted by atomic mass is 10.6. The number of alkyl halides is 6. The number of carbonyl (C=O) groups is 2. The fourth-order valence-electron chi connectivity index (χ4n) is 1.25. The predicted molar refractivity (Wildman–Crippen MR) is 109 cm³/mol. The third kappa shape index (κ3) is 12.2. The van der Waals surface area contributed by atoms with Crippen LogP contribution in [0.3, 0.4) is 0 Å². The van der Waals surface area contributed by atoms with Crippen LogP contribution in [-0.2, 0) is 9.68 Å². The van der Waals surface area contributed by atoms with Crippen molar-refractivity contribution in [3.63, 3.8) is 0 Å². The number of oxime groups is 2. The van der Waals surface area contributed by atoms with Gasteiger partial charge >= 0.3 is 24.5 Å². The van der Waals surface area contributed by atoms with Gasteiger partial charge in [0.15, 0.2) is 0 Å². The Hall–Kier alpha value is -1.49. The smallest absolute Gasteiger partial charge is 0.296 e. The van der Waals surface area contributed by atoms with Gasteiger partial charge in [0.25, 0.3) is 0 Å². The summed E-state index contributed by atoms with van der Waals surface area (Å²) in [5.74, 6) is 0. The largest absolute Gasteiger partial charge is 0.447 e. The van der Waals surface area contributed by atoms with Gasteiger partial charge in [-0.2, -0.15) is 26.3 Å². The lowest BCUT2D eigenvalue weighted by Gasteiger charge is -2.19. The Bertz CT molecular complexity index is 630. The maximum Gasteiger partial charge on any atom is 0.447 e. The molecular weight excluding hydrogens is 498 g/mol. The number of nitrogens with zero attached hydrogens (tertiary/aromatic N) is 4.